The molecule has 0 bridgehead atoms. The van der Waals surface area contributed by atoms with E-state index < -0.39 is 0 Å². The van der Waals surface area contributed by atoms with Gasteiger partial charge in [0.05, 0.1) is 0 Å². The van der Waals surface area contributed by atoms with Crippen LogP contribution in [0.1, 0.15) is 28.8 Å². The molecule has 0 N–H and O–H groups in total. The van der Waals surface area contributed by atoms with E-state index in [0.717, 1.165) is 16.8 Å². The number of hydrogen-bond donors (Lipinski definition) is 0. The quantitative estimate of drug-likeness (QED) is 0.298. The number of anilines is 1. The summed E-state index contributed by atoms with van der Waals surface area (Å²) in [5, 5.41) is 3.53. The number of rotatable bonds is 7. The minimum absolute atomic E-state index is 0.142. The van der Waals surface area contributed by atoms with Crippen LogP contribution in [0.2, 0.25) is 0 Å². The lowest BCUT2D eigenvalue weighted by molar-refractivity contribution is 0.0984. The van der Waals surface area contributed by atoms with Crippen LogP contribution in [0, 0.1) is 0 Å². The molecule has 0 radical (unpaired) electrons. The van der Waals surface area contributed by atoms with E-state index in [-0.39, 0.29) is 5.78 Å². The van der Waals surface area contributed by atoms with Gasteiger partial charge in [-0.25, -0.2) is 0 Å². The lowest BCUT2D eigenvalue weighted by Gasteiger charge is -2.12. The Kier molecular flexibility index (Phi) is 6.17. The molecular formula is C19H20N4O. The fraction of sp³-hybridized carbons (Fsp3) is 0.211. The third-order valence-electron chi connectivity index (χ3n) is 3.61. The zero-order valence-electron chi connectivity index (χ0n) is 13.9. The minimum Gasteiger partial charge on any atom is -0.378 e. The van der Waals surface area contributed by atoms with Crippen LogP contribution in [0.4, 0.5) is 11.4 Å². The lowest BCUT2D eigenvalue weighted by atomic mass is 10.1. The van der Waals surface area contributed by atoms with Crippen molar-refractivity contribution < 1.29 is 4.79 Å². The first kappa shape index (κ1) is 17.3. The Labute approximate surface area is 141 Å². The van der Waals surface area contributed by atoms with Crippen LogP contribution in [0.15, 0.2) is 59.7 Å². The van der Waals surface area contributed by atoms with Crippen LogP contribution in [0.3, 0.4) is 0 Å². The zero-order chi connectivity index (χ0) is 17.4. The summed E-state index contributed by atoms with van der Waals surface area (Å²) >= 11 is 0. The number of nitrogens with zero attached hydrogens (tertiary/aromatic N) is 4. The minimum atomic E-state index is 0.142. The van der Waals surface area contributed by atoms with Gasteiger partial charge < -0.3 is 4.90 Å². The topological polar surface area (TPSA) is 69.1 Å². The number of ketones is 1. The molecule has 0 aliphatic heterocycles. The Morgan fingerprint density at radius 1 is 1.12 bits per heavy atom. The van der Waals surface area contributed by atoms with E-state index in [1.165, 1.54) is 0 Å². The molecule has 2 rings (SSSR count). The molecule has 0 fully saturated rings. The van der Waals surface area contributed by atoms with Gasteiger partial charge in [-0.3, -0.25) is 4.79 Å². The molecule has 0 spiro atoms. The summed E-state index contributed by atoms with van der Waals surface area (Å²) in [6.45, 7) is 0. The average molecular weight is 320 g/mol. The maximum atomic E-state index is 12.2. The highest BCUT2D eigenvalue weighted by molar-refractivity contribution is 5.96. The number of benzene rings is 2. The van der Waals surface area contributed by atoms with Gasteiger partial charge in [0, 0.05) is 42.4 Å². The maximum Gasteiger partial charge on any atom is 0.163 e. The first-order chi connectivity index (χ1) is 11.6. The highest BCUT2D eigenvalue weighted by atomic mass is 16.1. The molecule has 0 unspecified atom stereocenters. The van der Waals surface area contributed by atoms with Crippen LogP contribution in [0.25, 0.3) is 16.5 Å². The number of carbonyl (C=O) groups excluding carboxylic acids is 1. The molecule has 0 aliphatic rings. The highest BCUT2D eigenvalue weighted by Crippen LogP contribution is 2.16. The average Bonchev–Trinajstić information content (AvgIpc) is 2.60. The second kappa shape index (κ2) is 8.56. The van der Waals surface area contributed by atoms with Crippen molar-refractivity contribution >= 4 is 23.2 Å². The fourth-order valence-electron chi connectivity index (χ4n) is 2.23. The number of carbonyl (C=O) groups is 1. The molecule has 5 heteroatoms. The molecule has 122 valence electrons. The van der Waals surface area contributed by atoms with Crippen LogP contribution in [-0.4, -0.2) is 19.9 Å². The molecular weight excluding hydrogens is 300 g/mol. The molecule has 0 aliphatic carbocycles. The Hall–Kier alpha value is -3.04. The van der Waals surface area contributed by atoms with Crippen LogP contribution >= 0.6 is 0 Å². The number of allylic oxidation sites excluding steroid dienone is 1. The number of hydrogen-bond acceptors (Lipinski definition) is 3. The SMILES string of the molecule is CN(C)c1ccc(C(=O)CCC=Cc2ccc(N=[N+]=[N-])cc2)cc1. The Morgan fingerprint density at radius 3 is 2.38 bits per heavy atom. The van der Waals surface area contributed by atoms with Crippen LogP contribution in [-0.2, 0) is 0 Å². The second-order valence-electron chi connectivity index (χ2n) is 5.59. The normalized spacial score (nSPS) is 10.4. The number of Topliss-reactive ketones (excluding diaryl/α,β-unsaturated/α-hetero) is 1. The van der Waals surface area contributed by atoms with Crippen molar-refractivity contribution in [3.05, 3.63) is 76.2 Å². The van der Waals surface area contributed by atoms with Crippen LogP contribution < -0.4 is 4.90 Å². The van der Waals surface area contributed by atoms with Crippen molar-refractivity contribution in [2.75, 3.05) is 19.0 Å². The van der Waals surface area contributed by atoms with Crippen molar-refractivity contribution in [3.63, 3.8) is 0 Å². The first-order valence-corrected chi connectivity index (χ1v) is 7.72. The summed E-state index contributed by atoms with van der Waals surface area (Å²) in [5.74, 6) is 0.142. The molecule has 0 atom stereocenters. The lowest BCUT2D eigenvalue weighted by Crippen LogP contribution is -2.08. The smallest absolute Gasteiger partial charge is 0.163 e. The van der Waals surface area contributed by atoms with Crippen molar-refractivity contribution in [2.45, 2.75) is 12.8 Å². The number of azide groups is 1. The highest BCUT2D eigenvalue weighted by Gasteiger charge is 2.05. The Bertz CT molecular complexity index is 755. The molecule has 0 saturated carbocycles. The molecule has 0 heterocycles. The van der Waals surface area contributed by atoms with Gasteiger partial charge in [0.25, 0.3) is 0 Å². The van der Waals surface area contributed by atoms with E-state index in [9.17, 15) is 4.79 Å². The summed E-state index contributed by atoms with van der Waals surface area (Å²) < 4.78 is 0. The molecule has 0 aromatic heterocycles. The van der Waals surface area contributed by atoms with Gasteiger partial charge in [-0.15, -0.1) is 0 Å². The van der Waals surface area contributed by atoms with Crippen LogP contribution in [0.5, 0.6) is 0 Å². The monoisotopic (exact) mass is 320 g/mol. The summed E-state index contributed by atoms with van der Waals surface area (Å²) in [5.41, 5.74) is 11.8. The molecule has 0 amide bonds. The largest absolute Gasteiger partial charge is 0.378 e. The van der Waals surface area contributed by atoms with E-state index in [0.29, 0.717) is 18.5 Å². The Morgan fingerprint density at radius 2 is 1.79 bits per heavy atom. The van der Waals surface area contributed by atoms with Gasteiger partial charge in [0.1, 0.15) is 0 Å². The van der Waals surface area contributed by atoms with Gasteiger partial charge in [0.15, 0.2) is 5.78 Å². The molecule has 2 aromatic carbocycles. The van der Waals surface area contributed by atoms with E-state index >= 15 is 0 Å². The van der Waals surface area contributed by atoms with E-state index in [1.807, 2.05) is 67.5 Å². The summed E-state index contributed by atoms with van der Waals surface area (Å²) in [7, 11) is 3.95. The zero-order valence-corrected chi connectivity index (χ0v) is 13.9. The van der Waals surface area contributed by atoms with E-state index in [2.05, 4.69) is 10.0 Å². The van der Waals surface area contributed by atoms with Gasteiger partial charge >= 0.3 is 0 Å². The summed E-state index contributed by atoms with van der Waals surface area (Å²) in [4.78, 5) is 16.9. The van der Waals surface area contributed by atoms with Crippen molar-refractivity contribution in [1.82, 2.24) is 0 Å². The van der Waals surface area contributed by atoms with Gasteiger partial charge in [-0.1, -0.05) is 41.5 Å². The van der Waals surface area contributed by atoms with Crippen molar-refractivity contribution in [1.29, 1.82) is 0 Å². The van der Waals surface area contributed by atoms with E-state index in [1.54, 1.807) is 12.1 Å². The molecule has 24 heavy (non-hydrogen) atoms. The van der Waals surface area contributed by atoms with Crippen molar-refractivity contribution in [3.8, 4) is 0 Å². The van der Waals surface area contributed by atoms with Gasteiger partial charge in [-0.2, -0.15) is 0 Å². The predicted molar refractivity (Wildman–Crippen MR) is 98.6 cm³/mol. The fourth-order valence-corrected chi connectivity index (χ4v) is 2.23. The Balaban J connectivity index is 1.86. The predicted octanol–water partition coefficient (Wildman–Crippen LogP) is 5.37. The summed E-state index contributed by atoms with van der Waals surface area (Å²) in [6.07, 6.45) is 5.11. The third-order valence-corrected chi connectivity index (χ3v) is 3.61. The van der Waals surface area contributed by atoms with Gasteiger partial charge in [0.2, 0.25) is 0 Å². The standard InChI is InChI=1S/C19H20N4O/c1-23(2)18-13-9-16(10-14-18)19(24)6-4-3-5-15-7-11-17(12-8-15)21-22-20/h3,5,7-14H,4,6H2,1-2H3. The first-order valence-electron chi connectivity index (χ1n) is 7.72. The molecule has 0 saturated heterocycles. The van der Waals surface area contributed by atoms with Gasteiger partial charge in [-0.05, 0) is 41.8 Å². The van der Waals surface area contributed by atoms with Crippen molar-refractivity contribution in [2.24, 2.45) is 5.11 Å². The maximum absolute atomic E-state index is 12.2. The van der Waals surface area contributed by atoms with E-state index in [4.69, 9.17) is 5.53 Å². The second-order valence-corrected chi connectivity index (χ2v) is 5.59. The molecule has 2 aromatic rings. The molecule has 5 nitrogen and oxygen atoms in total. The summed E-state index contributed by atoms with van der Waals surface area (Å²) in [6, 6.07) is 14.9. The third kappa shape index (κ3) is 5.00.